The second kappa shape index (κ2) is 23.8. The van der Waals surface area contributed by atoms with Crippen LogP contribution in [0.3, 0.4) is 0 Å². The van der Waals surface area contributed by atoms with Gasteiger partial charge in [0, 0.05) is 20.0 Å². The molecule has 0 spiro atoms. The van der Waals surface area contributed by atoms with Crippen molar-refractivity contribution in [3.63, 3.8) is 0 Å². The minimum Gasteiger partial charge on any atom is -0.343 e. The van der Waals surface area contributed by atoms with Crippen LogP contribution < -0.4 is 0 Å². The Hall–Kier alpha value is -0.790. The first-order valence-corrected chi connectivity index (χ1v) is 6.33. The van der Waals surface area contributed by atoms with E-state index >= 15 is 0 Å². The Morgan fingerprint density at radius 1 is 1.12 bits per heavy atom. The van der Waals surface area contributed by atoms with Crippen LogP contribution in [0.25, 0.3) is 0 Å². The van der Waals surface area contributed by atoms with Crippen LogP contribution in [-0.4, -0.2) is 23.9 Å². The summed E-state index contributed by atoms with van der Waals surface area (Å²) in [7, 11) is 0. The van der Waals surface area contributed by atoms with Crippen LogP contribution in [0.15, 0.2) is 13.2 Å². The highest BCUT2D eigenvalue weighted by Gasteiger charge is 2.06. The molecule has 0 bridgehead atoms. The van der Waals surface area contributed by atoms with E-state index in [1.54, 1.807) is 6.92 Å². The molecule has 0 N–H and O–H groups in total. The molecule has 100 valence electrons. The summed E-state index contributed by atoms with van der Waals surface area (Å²) >= 11 is 0. The van der Waals surface area contributed by atoms with Gasteiger partial charge >= 0.3 is 0 Å². The van der Waals surface area contributed by atoms with E-state index < -0.39 is 0 Å². The Kier molecular flexibility index (Phi) is 36.3. The van der Waals surface area contributed by atoms with Crippen molar-refractivity contribution in [3.8, 4) is 0 Å². The number of nitrogens with zero attached hydrogens (tertiary/aromatic N) is 1. The average molecular weight is 231 g/mol. The van der Waals surface area contributed by atoms with Crippen LogP contribution in [0.5, 0.6) is 0 Å². The van der Waals surface area contributed by atoms with Crippen molar-refractivity contribution in [3.05, 3.63) is 13.2 Å². The predicted octanol–water partition coefficient (Wildman–Crippen LogP) is 4.37. The number of carbonyl (C=O) groups excluding carboxylic acids is 1. The van der Waals surface area contributed by atoms with E-state index in [0.717, 1.165) is 13.1 Å². The van der Waals surface area contributed by atoms with Gasteiger partial charge in [0.05, 0.1) is 0 Å². The third-order valence-electron chi connectivity index (χ3n) is 1.41. The lowest BCUT2D eigenvalue weighted by molar-refractivity contribution is -0.129. The van der Waals surface area contributed by atoms with Crippen LogP contribution in [-0.2, 0) is 4.79 Å². The van der Waals surface area contributed by atoms with Gasteiger partial charge in [0.1, 0.15) is 0 Å². The number of carbonyl (C=O) groups is 1. The van der Waals surface area contributed by atoms with Crippen molar-refractivity contribution in [2.24, 2.45) is 5.92 Å². The molecule has 0 aromatic carbocycles. The van der Waals surface area contributed by atoms with Crippen molar-refractivity contribution in [1.29, 1.82) is 0 Å². The van der Waals surface area contributed by atoms with Gasteiger partial charge in [-0.1, -0.05) is 41.5 Å². The predicted molar refractivity (Wildman–Crippen MR) is 76.7 cm³/mol. The largest absolute Gasteiger partial charge is 0.343 e. The van der Waals surface area contributed by atoms with Crippen LogP contribution in [0.1, 0.15) is 55.4 Å². The van der Waals surface area contributed by atoms with Crippen LogP contribution in [0.4, 0.5) is 0 Å². The molecule has 0 rings (SSSR count). The molecule has 2 heteroatoms. The minimum absolute atomic E-state index is 0.177. The van der Waals surface area contributed by atoms with Crippen LogP contribution in [0.2, 0.25) is 0 Å². The summed E-state index contributed by atoms with van der Waals surface area (Å²) in [6, 6.07) is 0. The molecule has 0 fully saturated rings. The van der Waals surface area contributed by atoms with Gasteiger partial charge in [0.15, 0.2) is 0 Å². The van der Waals surface area contributed by atoms with Crippen LogP contribution >= 0.6 is 0 Å². The van der Waals surface area contributed by atoms with Gasteiger partial charge in [0.2, 0.25) is 5.91 Å². The molecule has 2 nitrogen and oxygen atoms in total. The average Bonchev–Trinajstić information content (AvgIpc) is 2.33. The molecular weight excluding hydrogens is 198 g/mol. The van der Waals surface area contributed by atoms with Crippen molar-refractivity contribution in [1.82, 2.24) is 4.90 Å². The molecule has 0 heterocycles. The van der Waals surface area contributed by atoms with Crippen molar-refractivity contribution in [2.75, 3.05) is 13.1 Å². The molecule has 0 aromatic heterocycles. The maximum absolute atomic E-state index is 10.8. The first-order valence-electron chi connectivity index (χ1n) is 6.33. The fourth-order valence-electron chi connectivity index (χ4n) is 0.921. The van der Waals surface area contributed by atoms with Gasteiger partial charge in [-0.25, -0.2) is 0 Å². The molecule has 0 radical (unpaired) electrons. The Morgan fingerprint density at radius 2 is 1.44 bits per heavy atom. The van der Waals surface area contributed by atoms with E-state index in [-0.39, 0.29) is 5.91 Å². The van der Waals surface area contributed by atoms with E-state index in [4.69, 9.17) is 0 Å². The number of hydrogen-bond donors (Lipinski definition) is 0. The molecule has 0 saturated heterocycles. The number of hydrogen-bond acceptors (Lipinski definition) is 1. The van der Waals surface area contributed by atoms with Gasteiger partial charge in [-0.3, -0.25) is 4.79 Å². The lowest BCUT2D eigenvalue weighted by Gasteiger charge is -2.20. The Labute approximate surface area is 104 Å². The monoisotopic (exact) mass is 231 g/mol. The van der Waals surface area contributed by atoms with Gasteiger partial charge < -0.3 is 4.90 Å². The third kappa shape index (κ3) is 23.2. The normalized spacial score (nSPS) is 7.31. The summed E-state index contributed by atoms with van der Waals surface area (Å²) in [5.41, 5.74) is 0. The zero-order chi connectivity index (χ0) is 14.1. The third-order valence-corrected chi connectivity index (χ3v) is 1.41. The van der Waals surface area contributed by atoms with Crippen LogP contribution in [0, 0.1) is 5.92 Å². The van der Waals surface area contributed by atoms with E-state index in [9.17, 15) is 4.79 Å². The number of amides is 1. The van der Waals surface area contributed by atoms with E-state index in [1.165, 1.54) is 0 Å². The quantitative estimate of drug-likeness (QED) is 0.661. The maximum atomic E-state index is 10.8. The summed E-state index contributed by atoms with van der Waals surface area (Å²) in [6.07, 6.45) is 0. The highest BCUT2D eigenvalue weighted by Crippen LogP contribution is 1.97. The molecule has 0 aliphatic carbocycles. The molecule has 0 atom stereocenters. The van der Waals surface area contributed by atoms with Crippen molar-refractivity contribution >= 4 is 5.91 Å². The highest BCUT2D eigenvalue weighted by molar-refractivity contribution is 5.73. The molecule has 16 heavy (non-hydrogen) atoms. The summed E-state index contributed by atoms with van der Waals surface area (Å²) in [5.74, 6) is 0.750. The van der Waals surface area contributed by atoms with Gasteiger partial charge in [-0.05, 0) is 12.8 Å². The zero-order valence-corrected chi connectivity index (χ0v) is 12.8. The summed E-state index contributed by atoms with van der Waals surface area (Å²) in [4.78, 5) is 12.7. The number of rotatable bonds is 3. The minimum atomic E-state index is 0.177. The summed E-state index contributed by atoms with van der Waals surface area (Å²) in [5, 5.41) is 0. The van der Waals surface area contributed by atoms with Crippen molar-refractivity contribution < 1.29 is 4.79 Å². The topological polar surface area (TPSA) is 20.3 Å². The second-order valence-electron chi connectivity index (χ2n) is 2.95. The maximum Gasteiger partial charge on any atom is 0.219 e. The van der Waals surface area contributed by atoms with Gasteiger partial charge in [-0.2, -0.15) is 0 Å². The van der Waals surface area contributed by atoms with Crippen molar-refractivity contribution in [2.45, 2.75) is 55.4 Å². The Morgan fingerprint density at radius 3 is 1.50 bits per heavy atom. The summed E-state index contributed by atoms with van der Waals surface area (Å²) in [6.45, 7) is 23.6. The molecule has 0 saturated carbocycles. The molecular formula is C14H33NO. The molecule has 1 amide bonds. The Balaban J connectivity index is -0.000000103. The molecule has 0 aromatic rings. The van der Waals surface area contributed by atoms with E-state index in [0.29, 0.717) is 5.92 Å². The lowest BCUT2D eigenvalue weighted by atomic mass is 10.2. The molecule has 0 unspecified atom stereocenters. The standard InChI is InChI=1S/C8H17NO.2C2H6.C2H4/c1-5-9(8(4)10)6-7(2)3;3*1-2/h7H,5-6H2,1-4H3;2*1-2H3;1-2H2. The first-order chi connectivity index (χ1) is 7.57. The Bertz CT molecular complexity index is 122. The highest BCUT2D eigenvalue weighted by atomic mass is 16.2. The van der Waals surface area contributed by atoms with Gasteiger partial charge in [0.25, 0.3) is 0 Å². The fourth-order valence-corrected chi connectivity index (χ4v) is 0.921. The lowest BCUT2D eigenvalue weighted by Crippen LogP contribution is -2.31. The molecule has 0 aliphatic heterocycles. The second-order valence-corrected chi connectivity index (χ2v) is 2.95. The SMILES string of the molecule is C=C.CC.CC.CCN(CC(C)C)C(C)=O. The van der Waals surface area contributed by atoms with E-state index in [2.05, 4.69) is 27.0 Å². The fraction of sp³-hybridized carbons (Fsp3) is 0.786. The van der Waals surface area contributed by atoms with E-state index in [1.807, 2.05) is 39.5 Å². The smallest absolute Gasteiger partial charge is 0.219 e. The first kappa shape index (κ1) is 24.4. The molecule has 0 aliphatic rings. The zero-order valence-electron chi connectivity index (χ0n) is 12.8. The summed E-state index contributed by atoms with van der Waals surface area (Å²) < 4.78 is 0. The van der Waals surface area contributed by atoms with Gasteiger partial charge in [-0.15, -0.1) is 13.2 Å².